The molecule has 31 heavy (non-hydrogen) atoms. The molecule has 1 amide bonds. The third kappa shape index (κ3) is 5.21. The minimum atomic E-state index is -4.64. The number of rotatable bonds is 5. The van der Waals surface area contributed by atoms with E-state index in [2.05, 4.69) is 15.3 Å². The van der Waals surface area contributed by atoms with Crippen molar-refractivity contribution < 1.29 is 31.1 Å². The van der Waals surface area contributed by atoms with Crippen LogP contribution in [0.5, 0.6) is 0 Å². The first-order valence-corrected chi connectivity index (χ1v) is 10.1. The number of aromatic amines is 1. The van der Waals surface area contributed by atoms with Crippen LogP contribution in [0.3, 0.4) is 0 Å². The second kappa shape index (κ2) is 8.54. The smallest absolute Gasteiger partial charge is 0.351 e. The molecular formula is C18H14F6N4OS2. The second-order valence-corrected chi connectivity index (χ2v) is 7.95. The van der Waals surface area contributed by atoms with Crippen molar-refractivity contribution in [3.05, 3.63) is 52.1 Å². The molecular weight excluding hydrogens is 466 g/mol. The van der Waals surface area contributed by atoms with Crippen LogP contribution in [0.15, 0.2) is 35.6 Å². The van der Waals surface area contributed by atoms with Crippen molar-refractivity contribution in [1.82, 2.24) is 14.4 Å². The van der Waals surface area contributed by atoms with E-state index in [9.17, 15) is 31.1 Å². The topological polar surface area (TPSA) is 62.2 Å². The number of fused-ring (bicyclic) bond motifs is 1. The van der Waals surface area contributed by atoms with Gasteiger partial charge in [-0.2, -0.15) is 26.3 Å². The van der Waals surface area contributed by atoms with Crippen LogP contribution in [0, 0.1) is 4.64 Å². The minimum absolute atomic E-state index is 0.00457. The lowest BCUT2D eigenvalue weighted by atomic mass is 10.2. The Morgan fingerprint density at radius 3 is 2.48 bits per heavy atom. The van der Waals surface area contributed by atoms with Gasteiger partial charge in [0.2, 0.25) is 5.91 Å². The van der Waals surface area contributed by atoms with Gasteiger partial charge in [-0.1, -0.05) is 19.1 Å². The summed E-state index contributed by atoms with van der Waals surface area (Å²) in [4.78, 5) is 18.9. The number of anilines is 1. The number of nitrogens with zero attached hydrogens (tertiary/aromatic N) is 2. The number of halogens is 6. The molecule has 0 atom stereocenters. The number of thioether (sulfide) groups is 1. The molecule has 13 heteroatoms. The highest BCUT2D eigenvalue weighted by atomic mass is 32.2. The average molecular weight is 480 g/mol. The van der Waals surface area contributed by atoms with E-state index in [1.54, 1.807) is 0 Å². The predicted octanol–water partition coefficient (Wildman–Crippen LogP) is 5.72. The normalized spacial score (nSPS) is 12.4. The maximum Gasteiger partial charge on any atom is 0.417 e. The molecule has 0 aliphatic heterocycles. The summed E-state index contributed by atoms with van der Waals surface area (Å²) in [5.74, 6) is -0.154. The monoisotopic (exact) mass is 480 g/mol. The Labute approximate surface area is 180 Å². The van der Waals surface area contributed by atoms with Crippen molar-refractivity contribution in [2.24, 2.45) is 0 Å². The first kappa shape index (κ1) is 23.1. The van der Waals surface area contributed by atoms with E-state index in [4.69, 9.17) is 12.2 Å². The van der Waals surface area contributed by atoms with E-state index in [1.807, 2.05) is 6.92 Å². The van der Waals surface area contributed by atoms with E-state index in [-0.39, 0.29) is 28.1 Å². The summed E-state index contributed by atoms with van der Waals surface area (Å²) in [6, 6.07) is 2.47. The Hall–Kier alpha value is -2.54. The summed E-state index contributed by atoms with van der Waals surface area (Å²) >= 11 is 6.19. The molecule has 0 aliphatic rings. The zero-order valence-corrected chi connectivity index (χ0v) is 17.3. The fourth-order valence-corrected chi connectivity index (χ4v) is 3.76. The highest BCUT2D eigenvalue weighted by Crippen LogP contribution is 2.33. The van der Waals surface area contributed by atoms with Gasteiger partial charge in [0.15, 0.2) is 0 Å². The molecule has 0 bridgehead atoms. The van der Waals surface area contributed by atoms with Crippen molar-refractivity contribution in [1.29, 1.82) is 0 Å². The Bertz CT molecular complexity index is 1180. The van der Waals surface area contributed by atoms with Gasteiger partial charge in [-0.05, 0) is 24.0 Å². The molecule has 3 aromatic rings. The molecule has 0 radical (unpaired) electrons. The van der Waals surface area contributed by atoms with E-state index < -0.39 is 29.4 Å². The summed E-state index contributed by atoms with van der Waals surface area (Å²) < 4.78 is 78.9. The number of carbonyl (C=O) groups excluding carboxylic acids is 1. The third-order valence-electron chi connectivity index (χ3n) is 4.09. The number of pyridine rings is 2. The summed E-state index contributed by atoms with van der Waals surface area (Å²) in [7, 11) is 0. The van der Waals surface area contributed by atoms with E-state index in [0.717, 1.165) is 12.1 Å². The summed E-state index contributed by atoms with van der Waals surface area (Å²) in [5.41, 5.74) is -1.94. The fraction of sp³-hybridized carbons (Fsp3) is 0.278. The van der Waals surface area contributed by atoms with Crippen molar-refractivity contribution >= 4 is 41.2 Å². The van der Waals surface area contributed by atoms with Crippen molar-refractivity contribution in [3.8, 4) is 0 Å². The second-order valence-electron chi connectivity index (χ2n) is 6.29. The van der Waals surface area contributed by atoms with Crippen LogP contribution >= 0.6 is 24.0 Å². The molecule has 0 saturated heterocycles. The van der Waals surface area contributed by atoms with Crippen LogP contribution < -0.4 is 5.32 Å². The molecule has 0 aromatic carbocycles. The summed E-state index contributed by atoms with van der Waals surface area (Å²) in [5, 5.41) is 2.78. The maximum atomic E-state index is 13.0. The van der Waals surface area contributed by atoms with Crippen molar-refractivity contribution in [2.75, 3.05) is 11.1 Å². The molecule has 3 aromatic heterocycles. The Morgan fingerprint density at radius 2 is 1.87 bits per heavy atom. The van der Waals surface area contributed by atoms with Crippen LogP contribution in [-0.4, -0.2) is 26.0 Å². The number of hydrogen-bond acceptors (Lipinski definition) is 4. The number of nitrogens with one attached hydrogen (secondary N) is 2. The van der Waals surface area contributed by atoms with Gasteiger partial charge in [-0.15, -0.1) is 11.8 Å². The number of H-pyrrole nitrogens is 1. The standard InChI is InChI=1S/C18H14F6N4OS2/c1-2-31-16-12(26-13-6-9(17(19,20)21)3-4-28(13)16)7-14(29)27-11-5-10(18(22,23)24)8-25-15(11)30/h3-6,8H,2,7H2,1H3,(H,25,30)(H,27,29). The Morgan fingerprint density at radius 1 is 1.19 bits per heavy atom. The number of carbonyl (C=O) groups is 1. The van der Waals surface area contributed by atoms with Gasteiger partial charge in [0.05, 0.1) is 28.9 Å². The molecule has 0 spiro atoms. The number of amides is 1. The van der Waals surface area contributed by atoms with Gasteiger partial charge in [0, 0.05) is 12.4 Å². The largest absolute Gasteiger partial charge is 0.417 e. The zero-order chi connectivity index (χ0) is 23.0. The number of alkyl halides is 6. The highest BCUT2D eigenvalue weighted by molar-refractivity contribution is 7.99. The highest BCUT2D eigenvalue weighted by Gasteiger charge is 2.32. The lowest BCUT2D eigenvalue weighted by Gasteiger charge is -2.10. The van der Waals surface area contributed by atoms with Gasteiger partial charge in [0.1, 0.15) is 15.3 Å². The summed E-state index contributed by atoms with van der Waals surface area (Å²) in [6.45, 7) is 1.82. The molecule has 5 nitrogen and oxygen atoms in total. The van der Waals surface area contributed by atoms with Crippen LogP contribution in [0.1, 0.15) is 23.7 Å². The number of aromatic nitrogens is 3. The Balaban J connectivity index is 1.91. The average Bonchev–Trinajstić information content (AvgIpc) is 2.98. The van der Waals surface area contributed by atoms with Crippen molar-refractivity contribution in [2.45, 2.75) is 30.7 Å². The zero-order valence-electron chi connectivity index (χ0n) is 15.7. The Kier molecular flexibility index (Phi) is 6.37. The van der Waals surface area contributed by atoms with Crippen LogP contribution in [0.4, 0.5) is 32.0 Å². The first-order valence-electron chi connectivity index (χ1n) is 8.71. The van der Waals surface area contributed by atoms with Gasteiger partial charge < -0.3 is 10.3 Å². The molecule has 3 rings (SSSR count). The third-order valence-corrected chi connectivity index (χ3v) is 5.42. The molecule has 0 aliphatic carbocycles. The maximum absolute atomic E-state index is 13.0. The van der Waals surface area contributed by atoms with E-state index in [0.29, 0.717) is 23.0 Å². The molecule has 0 saturated carbocycles. The first-order chi connectivity index (χ1) is 14.4. The van der Waals surface area contributed by atoms with Gasteiger partial charge in [0.25, 0.3) is 0 Å². The number of hydrogen-bond donors (Lipinski definition) is 2. The van der Waals surface area contributed by atoms with Gasteiger partial charge >= 0.3 is 12.4 Å². The van der Waals surface area contributed by atoms with Crippen LogP contribution in [0.2, 0.25) is 0 Å². The molecule has 0 fully saturated rings. The number of imidazole rings is 1. The molecule has 166 valence electrons. The molecule has 2 N–H and O–H groups in total. The molecule has 3 heterocycles. The lowest BCUT2D eigenvalue weighted by molar-refractivity contribution is -0.138. The summed E-state index contributed by atoms with van der Waals surface area (Å²) in [6.07, 6.45) is -7.65. The SMILES string of the molecule is CCSc1c(CC(=O)Nc2cc(C(F)(F)F)c[nH]c2=S)nc2cc(C(F)(F)F)ccn12. The van der Waals surface area contributed by atoms with Crippen LogP contribution in [0.25, 0.3) is 5.65 Å². The van der Waals surface area contributed by atoms with Gasteiger partial charge in [-0.25, -0.2) is 4.98 Å². The van der Waals surface area contributed by atoms with E-state index >= 15 is 0 Å². The van der Waals surface area contributed by atoms with Crippen molar-refractivity contribution in [3.63, 3.8) is 0 Å². The van der Waals surface area contributed by atoms with Gasteiger partial charge in [-0.3, -0.25) is 9.20 Å². The fourth-order valence-electron chi connectivity index (χ4n) is 2.74. The van der Waals surface area contributed by atoms with E-state index in [1.165, 1.54) is 22.4 Å². The molecule has 0 unspecified atom stereocenters. The quantitative estimate of drug-likeness (QED) is 0.279. The van der Waals surface area contributed by atoms with Crippen LogP contribution in [-0.2, 0) is 23.6 Å². The minimum Gasteiger partial charge on any atom is -0.351 e. The predicted molar refractivity (Wildman–Crippen MR) is 106 cm³/mol. The lowest BCUT2D eigenvalue weighted by Crippen LogP contribution is -2.17.